The van der Waals surface area contributed by atoms with Gasteiger partial charge in [0.05, 0.1) is 16.4 Å². The molecule has 11 rings (SSSR count). The second-order valence-electron chi connectivity index (χ2n) is 13.2. The maximum absolute atomic E-state index is 6.52. The zero-order chi connectivity index (χ0) is 33.5. The third-order valence-corrected chi connectivity index (χ3v) is 10.3. The first kappa shape index (κ1) is 28.2. The number of hydrogen-bond donors (Lipinski definition) is 2. The Labute approximate surface area is 292 Å². The van der Waals surface area contributed by atoms with Crippen LogP contribution >= 0.6 is 0 Å². The fourth-order valence-corrected chi connectivity index (χ4v) is 7.89. The van der Waals surface area contributed by atoms with Crippen molar-refractivity contribution in [3.63, 3.8) is 0 Å². The van der Waals surface area contributed by atoms with Crippen LogP contribution in [-0.2, 0) is 0 Å². The quantitative estimate of drug-likeness (QED) is 0.197. The normalized spacial score (nSPS) is 16.4. The molecule has 1 aliphatic heterocycles. The van der Waals surface area contributed by atoms with Crippen LogP contribution in [0.3, 0.4) is 0 Å². The van der Waals surface area contributed by atoms with Crippen molar-refractivity contribution >= 4 is 71.5 Å². The number of aromatic nitrogens is 1. The molecule has 0 fully saturated rings. The SMILES string of the molecule is c1ccc(C2N=C(c3ccc4c(c3)oc3ccc(-n5c6ccccc6c6c7oc8ccccc8c7ccc65)cc34)NC(c3ccccc3)N2)cc1. The first-order chi connectivity index (χ1) is 25.3. The average Bonchev–Trinajstić information content (AvgIpc) is 3.87. The van der Waals surface area contributed by atoms with Crippen molar-refractivity contribution in [2.24, 2.45) is 4.99 Å². The molecular formula is C45H30N4O2. The zero-order valence-electron chi connectivity index (χ0n) is 27.4. The summed E-state index contributed by atoms with van der Waals surface area (Å²) >= 11 is 0. The molecule has 0 saturated carbocycles. The topological polar surface area (TPSA) is 67.6 Å². The molecular weight excluding hydrogens is 629 g/mol. The van der Waals surface area contributed by atoms with Gasteiger partial charge in [-0.1, -0.05) is 103 Å². The van der Waals surface area contributed by atoms with Gasteiger partial charge in [-0.2, -0.15) is 0 Å². The minimum Gasteiger partial charge on any atom is -0.456 e. The highest BCUT2D eigenvalue weighted by Gasteiger charge is 2.26. The summed E-state index contributed by atoms with van der Waals surface area (Å²) in [6.45, 7) is 0. The Kier molecular flexibility index (Phi) is 6.05. The number of nitrogens with one attached hydrogen (secondary N) is 2. The minimum atomic E-state index is -0.200. The second kappa shape index (κ2) is 10.9. The summed E-state index contributed by atoms with van der Waals surface area (Å²) in [5, 5.41) is 14.0. The number of fused-ring (bicyclic) bond motifs is 10. The van der Waals surface area contributed by atoms with E-state index in [4.69, 9.17) is 13.8 Å². The van der Waals surface area contributed by atoms with Gasteiger partial charge in [-0.25, -0.2) is 4.99 Å². The van der Waals surface area contributed by atoms with Crippen LogP contribution in [0.4, 0.5) is 0 Å². The molecule has 6 nitrogen and oxygen atoms in total. The van der Waals surface area contributed by atoms with Crippen molar-refractivity contribution in [3.05, 3.63) is 174 Å². The van der Waals surface area contributed by atoms with E-state index in [1.165, 1.54) is 0 Å². The van der Waals surface area contributed by atoms with Crippen LogP contribution in [0.1, 0.15) is 29.0 Å². The van der Waals surface area contributed by atoms with E-state index in [-0.39, 0.29) is 12.3 Å². The van der Waals surface area contributed by atoms with E-state index in [2.05, 4.69) is 149 Å². The van der Waals surface area contributed by atoms with E-state index in [9.17, 15) is 0 Å². The number of furan rings is 2. The highest BCUT2D eigenvalue weighted by atomic mass is 16.3. The maximum Gasteiger partial charge on any atom is 0.145 e. The van der Waals surface area contributed by atoms with Crippen LogP contribution in [0.25, 0.3) is 71.4 Å². The third kappa shape index (κ3) is 4.37. The number of aliphatic imine (C=N–C) groups is 1. The molecule has 0 bridgehead atoms. The van der Waals surface area contributed by atoms with Gasteiger partial charge in [-0.3, -0.25) is 5.32 Å². The van der Waals surface area contributed by atoms with Gasteiger partial charge in [-0.15, -0.1) is 0 Å². The fraction of sp³-hybridized carbons (Fsp3) is 0.0444. The molecule has 2 atom stereocenters. The van der Waals surface area contributed by atoms with Gasteiger partial charge in [0.25, 0.3) is 0 Å². The Balaban J connectivity index is 1.04. The molecule has 2 N–H and O–H groups in total. The largest absolute Gasteiger partial charge is 0.456 e. The van der Waals surface area contributed by atoms with Crippen molar-refractivity contribution in [3.8, 4) is 5.69 Å². The first-order valence-electron chi connectivity index (χ1n) is 17.3. The molecule has 7 aromatic carbocycles. The Hall–Kier alpha value is -6.63. The fourth-order valence-electron chi connectivity index (χ4n) is 7.89. The number of benzene rings is 7. The molecule has 6 heteroatoms. The Morgan fingerprint density at radius 2 is 1.22 bits per heavy atom. The molecule has 2 unspecified atom stereocenters. The molecule has 10 aromatic rings. The summed E-state index contributed by atoms with van der Waals surface area (Å²) in [5.74, 6) is 0.821. The number of amidine groups is 1. The lowest BCUT2D eigenvalue weighted by molar-refractivity contribution is 0.409. The van der Waals surface area contributed by atoms with Crippen molar-refractivity contribution in [2.45, 2.75) is 12.3 Å². The average molecular weight is 659 g/mol. The van der Waals surface area contributed by atoms with Crippen molar-refractivity contribution in [1.82, 2.24) is 15.2 Å². The van der Waals surface area contributed by atoms with Crippen molar-refractivity contribution in [2.75, 3.05) is 0 Å². The first-order valence-corrected chi connectivity index (χ1v) is 17.3. The van der Waals surface area contributed by atoms with Crippen molar-refractivity contribution in [1.29, 1.82) is 0 Å². The lowest BCUT2D eigenvalue weighted by Crippen LogP contribution is -2.44. The molecule has 242 valence electrons. The summed E-state index contributed by atoms with van der Waals surface area (Å²) in [6.07, 6.45) is -0.307. The van der Waals surface area contributed by atoms with Crippen LogP contribution in [0, 0.1) is 0 Å². The number of para-hydroxylation sites is 2. The summed E-state index contributed by atoms with van der Waals surface area (Å²) in [7, 11) is 0. The number of rotatable bonds is 4. The molecule has 51 heavy (non-hydrogen) atoms. The van der Waals surface area contributed by atoms with E-state index in [1.807, 2.05) is 24.3 Å². The summed E-state index contributed by atoms with van der Waals surface area (Å²) in [5.41, 5.74) is 10.0. The number of hydrogen-bond acceptors (Lipinski definition) is 5. The molecule has 1 aliphatic rings. The van der Waals surface area contributed by atoms with Gasteiger partial charge in [0, 0.05) is 38.2 Å². The molecule has 4 heterocycles. The lowest BCUT2D eigenvalue weighted by Gasteiger charge is -2.32. The van der Waals surface area contributed by atoms with E-state index in [0.717, 1.165) is 93.9 Å². The summed E-state index contributed by atoms with van der Waals surface area (Å²) in [4.78, 5) is 5.14. The van der Waals surface area contributed by atoms with Crippen LogP contribution in [0.2, 0.25) is 0 Å². The monoisotopic (exact) mass is 658 g/mol. The standard InChI is InChI=1S/C45H30N4O2/c1-3-11-27(12-4-1)43-46-44(28-13-5-2-6-14-28)48-45(47-43)29-19-21-32-35-26-30(20-24-39(35)50-40(32)25-29)49-36-17-9-7-16-34(36)41-37(49)23-22-33-31-15-8-10-18-38(31)51-42(33)41/h1-26,43-44,46H,(H,47,48). The lowest BCUT2D eigenvalue weighted by atomic mass is 10.1. The summed E-state index contributed by atoms with van der Waals surface area (Å²) in [6, 6.07) is 54.9. The van der Waals surface area contributed by atoms with Crippen LogP contribution in [-0.4, -0.2) is 10.4 Å². The van der Waals surface area contributed by atoms with Gasteiger partial charge in [0.1, 0.15) is 40.5 Å². The van der Waals surface area contributed by atoms with Gasteiger partial charge in [-0.05, 0) is 65.7 Å². The molecule has 0 radical (unpaired) electrons. The maximum atomic E-state index is 6.52. The predicted molar refractivity (Wildman–Crippen MR) is 207 cm³/mol. The van der Waals surface area contributed by atoms with Gasteiger partial charge in [0.2, 0.25) is 0 Å². The Morgan fingerprint density at radius 1 is 0.510 bits per heavy atom. The predicted octanol–water partition coefficient (Wildman–Crippen LogP) is 10.9. The molecule has 0 spiro atoms. The molecule has 3 aromatic heterocycles. The second-order valence-corrected chi connectivity index (χ2v) is 13.2. The van der Waals surface area contributed by atoms with E-state index < -0.39 is 0 Å². The third-order valence-electron chi connectivity index (χ3n) is 10.3. The van der Waals surface area contributed by atoms with Gasteiger partial charge in [0.15, 0.2) is 0 Å². The van der Waals surface area contributed by atoms with Crippen LogP contribution in [0.5, 0.6) is 0 Å². The van der Waals surface area contributed by atoms with E-state index in [0.29, 0.717) is 0 Å². The molecule has 0 amide bonds. The minimum absolute atomic E-state index is 0.107. The Morgan fingerprint density at radius 3 is 2.08 bits per heavy atom. The summed E-state index contributed by atoms with van der Waals surface area (Å²) < 4.78 is 15.4. The van der Waals surface area contributed by atoms with Crippen molar-refractivity contribution < 1.29 is 8.83 Å². The van der Waals surface area contributed by atoms with Crippen LogP contribution < -0.4 is 10.6 Å². The zero-order valence-corrected chi connectivity index (χ0v) is 27.4. The van der Waals surface area contributed by atoms with E-state index in [1.54, 1.807) is 0 Å². The molecule has 0 saturated heterocycles. The Bertz CT molecular complexity index is 2990. The number of nitrogens with zero attached hydrogens (tertiary/aromatic N) is 2. The van der Waals surface area contributed by atoms with Gasteiger partial charge < -0.3 is 18.7 Å². The highest BCUT2D eigenvalue weighted by Crippen LogP contribution is 2.41. The van der Waals surface area contributed by atoms with Crippen LogP contribution in [0.15, 0.2) is 172 Å². The smallest absolute Gasteiger partial charge is 0.145 e. The molecule has 0 aliphatic carbocycles. The highest BCUT2D eigenvalue weighted by molar-refractivity contribution is 6.24. The van der Waals surface area contributed by atoms with Gasteiger partial charge >= 0.3 is 0 Å². The van der Waals surface area contributed by atoms with E-state index >= 15 is 0 Å².